The molecule has 1 saturated heterocycles. The van der Waals surface area contributed by atoms with Gasteiger partial charge in [0.25, 0.3) is 5.91 Å². The second-order valence-electron chi connectivity index (χ2n) is 5.55. The number of carboxylic acids is 1. The number of carboxylic acid groups (broad SMARTS) is 1. The summed E-state index contributed by atoms with van der Waals surface area (Å²) in [6.07, 6.45) is 6.82. The minimum Gasteiger partial charge on any atom is -0.482 e. The van der Waals surface area contributed by atoms with E-state index in [1.807, 2.05) is 63.3 Å². The number of ether oxygens (including phenoxy) is 1. The van der Waals surface area contributed by atoms with Crippen LogP contribution in [0, 0.1) is 6.92 Å². The third kappa shape index (κ3) is 5.30. The first-order valence-electron chi connectivity index (χ1n) is 8.53. The van der Waals surface area contributed by atoms with E-state index in [0.717, 1.165) is 27.8 Å². The summed E-state index contributed by atoms with van der Waals surface area (Å²) < 4.78 is 6.19. The predicted molar refractivity (Wildman–Crippen MR) is 112 cm³/mol. The molecule has 1 fully saturated rings. The third-order valence-electron chi connectivity index (χ3n) is 3.60. The van der Waals surface area contributed by atoms with Crippen LogP contribution in [0.1, 0.15) is 25.0 Å². The van der Waals surface area contributed by atoms with Crippen LogP contribution in [0.2, 0.25) is 0 Å². The van der Waals surface area contributed by atoms with Crippen molar-refractivity contribution in [3.8, 4) is 0 Å². The molecule has 1 amide bonds. The summed E-state index contributed by atoms with van der Waals surface area (Å²) in [5, 5.41) is 8.87. The molecule has 0 aromatic heterocycles. The standard InChI is InChI=1S/C18H15NO4S2.C2H6/c1-11-4-2-5-12(8-11)14-7-3-6-13(23-14)9-15-17(22)19(10-16(20)21)18(24)25-15;1-2/h2-9,13H,10H2,1H3,(H,20,21);1-2H3/b15-9-;. The smallest absolute Gasteiger partial charge is 0.323 e. The van der Waals surface area contributed by atoms with Gasteiger partial charge in [-0.2, -0.15) is 0 Å². The fourth-order valence-electron chi connectivity index (χ4n) is 2.46. The number of nitrogens with zero attached hydrogens (tertiary/aromatic N) is 1. The number of aliphatic carboxylic acids is 1. The van der Waals surface area contributed by atoms with Gasteiger partial charge in [0.1, 0.15) is 22.7 Å². The van der Waals surface area contributed by atoms with Crippen molar-refractivity contribution in [2.24, 2.45) is 0 Å². The Kier molecular flexibility index (Phi) is 7.38. The van der Waals surface area contributed by atoms with Gasteiger partial charge < -0.3 is 9.84 Å². The van der Waals surface area contributed by atoms with Crippen molar-refractivity contribution in [2.45, 2.75) is 26.9 Å². The summed E-state index contributed by atoms with van der Waals surface area (Å²) in [4.78, 5) is 24.6. The average molecular weight is 404 g/mol. The number of carbonyl (C=O) groups is 2. The number of amides is 1. The van der Waals surface area contributed by atoms with Crippen molar-refractivity contribution in [1.29, 1.82) is 0 Å². The normalized spacial score (nSPS) is 20.1. The number of hydrogen-bond donors (Lipinski definition) is 1. The van der Waals surface area contributed by atoms with E-state index < -0.39 is 24.5 Å². The lowest BCUT2D eigenvalue weighted by molar-refractivity contribution is -0.140. The Balaban J connectivity index is 0.00000126. The SMILES string of the molecule is CC.Cc1cccc(C2=CC=CC(/C=C3\SC(=S)N(CC(=O)O)C3=O)O2)c1. The summed E-state index contributed by atoms with van der Waals surface area (Å²) in [5.41, 5.74) is 2.09. The van der Waals surface area contributed by atoms with Crippen LogP contribution in [0.3, 0.4) is 0 Å². The van der Waals surface area contributed by atoms with Crippen molar-refractivity contribution in [1.82, 2.24) is 4.90 Å². The Hall–Kier alpha value is -2.38. The molecule has 2 aliphatic heterocycles. The van der Waals surface area contributed by atoms with E-state index in [0.29, 0.717) is 10.7 Å². The van der Waals surface area contributed by atoms with Crippen LogP contribution in [0.15, 0.2) is 53.5 Å². The number of rotatable bonds is 4. The zero-order valence-corrected chi connectivity index (χ0v) is 17.0. The van der Waals surface area contributed by atoms with Crippen LogP contribution in [0.4, 0.5) is 0 Å². The van der Waals surface area contributed by atoms with Crippen molar-refractivity contribution in [3.05, 3.63) is 64.6 Å². The van der Waals surface area contributed by atoms with E-state index in [4.69, 9.17) is 22.1 Å². The summed E-state index contributed by atoms with van der Waals surface area (Å²) in [5.74, 6) is -0.787. The molecule has 5 nitrogen and oxygen atoms in total. The molecule has 7 heteroatoms. The Morgan fingerprint density at radius 1 is 1.41 bits per heavy atom. The van der Waals surface area contributed by atoms with Gasteiger partial charge in [-0.1, -0.05) is 67.7 Å². The molecule has 1 aromatic carbocycles. The first-order chi connectivity index (χ1) is 12.9. The Morgan fingerprint density at radius 2 is 2.15 bits per heavy atom. The van der Waals surface area contributed by atoms with Crippen LogP contribution in [0.25, 0.3) is 5.76 Å². The van der Waals surface area contributed by atoms with E-state index in [2.05, 4.69) is 0 Å². The maximum Gasteiger partial charge on any atom is 0.323 e. The summed E-state index contributed by atoms with van der Waals surface area (Å²) >= 11 is 6.18. The lowest BCUT2D eigenvalue weighted by atomic mass is 10.1. The van der Waals surface area contributed by atoms with Gasteiger partial charge in [-0.05, 0) is 31.2 Å². The average Bonchev–Trinajstić information content (AvgIpc) is 2.91. The molecule has 0 bridgehead atoms. The van der Waals surface area contributed by atoms with Crippen LogP contribution < -0.4 is 0 Å². The maximum atomic E-state index is 12.3. The van der Waals surface area contributed by atoms with Gasteiger partial charge in [-0.25, -0.2) is 0 Å². The molecule has 0 aliphatic carbocycles. The zero-order valence-electron chi connectivity index (χ0n) is 15.3. The molecule has 1 aromatic rings. The van der Waals surface area contributed by atoms with Gasteiger partial charge in [0, 0.05) is 5.56 Å². The van der Waals surface area contributed by atoms with Gasteiger partial charge in [0.15, 0.2) is 0 Å². The number of aryl methyl sites for hydroxylation is 1. The Bertz CT molecular complexity index is 842. The second kappa shape index (κ2) is 9.53. The first kappa shape index (κ1) is 20.9. The maximum absolute atomic E-state index is 12.3. The van der Waals surface area contributed by atoms with Crippen molar-refractivity contribution >= 4 is 45.9 Å². The summed E-state index contributed by atoms with van der Waals surface area (Å²) in [7, 11) is 0. The zero-order chi connectivity index (χ0) is 20.0. The number of thioether (sulfide) groups is 1. The highest BCUT2D eigenvalue weighted by Crippen LogP contribution is 2.32. The molecule has 2 aliphatic rings. The minimum atomic E-state index is -1.10. The molecular weight excluding hydrogens is 382 g/mol. The second-order valence-corrected chi connectivity index (χ2v) is 7.23. The molecule has 0 saturated carbocycles. The number of allylic oxidation sites excluding steroid dienone is 2. The van der Waals surface area contributed by atoms with Gasteiger partial charge >= 0.3 is 5.97 Å². The van der Waals surface area contributed by atoms with Gasteiger partial charge in [0.2, 0.25) is 0 Å². The molecular formula is C20H21NO4S2. The molecule has 3 rings (SSSR count). The molecule has 27 heavy (non-hydrogen) atoms. The molecule has 142 valence electrons. The topological polar surface area (TPSA) is 66.8 Å². The molecule has 0 radical (unpaired) electrons. The third-order valence-corrected chi connectivity index (χ3v) is 4.99. The highest BCUT2D eigenvalue weighted by molar-refractivity contribution is 8.26. The number of carbonyl (C=O) groups excluding carboxylic acids is 1. The van der Waals surface area contributed by atoms with Crippen LogP contribution in [-0.4, -0.2) is 38.9 Å². The summed E-state index contributed by atoms with van der Waals surface area (Å²) in [6.45, 7) is 5.58. The molecule has 2 heterocycles. The fraction of sp³-hybridized carbons (Fsp3) is 0.250. The lowest BCUT2D eigenvalue weighted by Gasteiger charge is -2.19. The highest BCUT2D eigenvalue weighted by Gasteiger charge is 2.34. The fourth-order valence-corrected chi connectivity index (χ4v) is 3.73. The van der Waals surface area contributed by atoms with Crippen LogP contribution in [0.5, 0.6) is 0 Å². The van der Waals surface area contributed by atoms with Crippen LogP contribution >= 0.6 is 24.0 Å². The van der Waals surface area contributed by atoms with Crippen molar-refractivity contribution < 1.29 is 19.4 Å². The van der Waals surface area contributed by atoms with Crippen molar-refractivity contribution in [3.63, 3.8) is 0 Å². The lowest BCUT2D eigenvalue weighted by Crippen LogP contribution is -2.33. The Morgan fingerprint density at radius 3 is 2.81 bits per heavy atom. The highest BCUT2D eigenvalue weighted by atomic mass is 32.2. The quantitative estimate of drug-likeness (QED) is 0.602. The molecule has 1 N–H and O–H groups in total. The van der Waals surface area contributed by atoms with Crippen LogP contribution in [-0.2, 0) is 14.3 Å². The van der Waals surface area contributed by atoms with Gasteiger partial charge in [0.05, 0.1) is 4.91 Å². The predicted octanol–water partition coefficient (Wildman–Crippen LogP) is 4.15. The summed E-state index contributed by atoms with van der Waals surface area (Å²) in [6, 6.07) is 7.95. The minimum absolute atomic E-state index is 0.243. The molecule has 1 atom stereocenters. The largest absolute Gasteiger partial charge is 0.482 e. The monoisotopic (exact) mass is 403 g/mol. The van der Waals surface area contributed by atoms with Gasteiger partial charge in [-0.15, -0.1) is 0 Å². The van der Waals surface area contributed by atoms with E-state index in [1.165, 1.54) is 0 Å². The molecule has 1 unspecified atom stereocenters. The first-order valence-corrected chi connectivity index (χ1v) is 9.76. The molecule has 0 spiro atoms. The van der Waals surface area contributed by atoms with E-state index in [1.54, 1.807) is 6.08 Å². The van der Waals surface area contributed by atoms with Crippen molar-refractivity contribution in [2.75, 3.05) is 6.54 Å². The van der Waals surface area contributed by atoms with Gasteiger partial charge in [-0.3, -0.25) is 14.5 Å². The number of hydrogen-bond acceptors (Lipinski definition) is 5. The van der Waals surface area contributed by atoms with E-state index in [-0.39, 0.29) is 4.32 Å². The number of benzene rings is 1. The number of thiocarbonyl (C=S) groups is 1. The van der Waals surface area contributed by atoms with E-state index in [9.17, 15) is 9.59 Å². The van der Waals surface area contributed by atoms with E-state index >= 15 is 0 Å². The Labute approximate surface area is 168 Å².